The third kappa shape index (κ3) is 1.48. The Morgan fingerprint density at radius 1 is 1.44 bits per heavy atom. The maximum atomic E-state index is 11.7. The predicted molar refractivity (Wildman–Crippen MR) is 61.0 cm³/mol. The molecule has 0 bridgehead atoms. The van der Waals surface area contributed by atoms with E-state index in [1.807, 2.05) is 0 Å². The topological polar surface area (TPSA) is 38.3 Å². The summed E-state index contributed by atoms with van der Waals surface area (Å²) in [7, 11) is 0. The summed E-state index contributed by atoms with van der Waals surface area (Å²) in [5.74, 6) is 0.634. The van der Waals surface area contributed by atoms with Gasteiger partial charge in [-0.15, -0.1) is 0 Å². The Kier molecular flexibility index (Phi) is 2.46. The number of ether oxygens (including phenoxy) is 1. The zero-order valence-corrected chi connectivity index (χ0v) is 10.00. The molecule has 0 heterocycles. The summed E-state index contributed by atoms with van der Waals surface area (Å²) >= 11 is 0. The number of nitrogens with one attached hydrogen (secondary N) is 1. The Morgan fingerprint density at radius 2 is 2.19 bits per heavy atom. The number of carbonyl (C=O) groups excluding carboxylic acids is 1. The van der Waals surface area contributed by atoms with Gasteiger partial charge in [0.1, 0.15) is 0 Å². The van der Waals surface area contributed by atoms with Crippen LogP contribution in [0.25, 0.3) is 0 Å². The van der Waals surface area contributed by atoms with Crippen LogP contribution in [-0.4, -0.2) is 24.7 Å². The van der Waals surface area contributed by atoms with Gasteiger partial charge in [0.15, 0.2) is 0 Å². The lowest BCUT2D eigenvalue weighted by molar-refractivity contribution is -0.176. The molecule has 3 fully saturated rings. The quantitative estimate of drug-likeness (QED) is 0.790. The fourth-order valence-corrected chi connectivity index (χ4v) is 3.28. The molecule has 3 nitrogen and oxygen atoms in total. The molecule has 1 amide bonds. The summed E-state index contributed by atoms with van der Waals surface area (Å²) in [5, 5.41) is 3.24. The molecule has 3 rings (SSSR count). The fourth-order valence-electron chi connectivity index (χ4n) is 3.28. The molecule has 3 heteroatoms. The minimum Gasteiger partial charge on any atom is -0.378 e. The van der Waals surface area contributed by atoms with E-state index < -0.39 is 0 Å². The maximum absolute atomic E-state index is 11.7. The third-order valence-corrected chi connectivity index (χ3v) is 4.70. The Morgan fingerprint density at radius 3 is 2.69 bits per heavy atom. The van der Waals surface area contributed by atoms with Crippen LogP contribution in [0.2, 0.25) is 0 Å². The number of rotatable bonds is 4. The molecule has 3 saturated carbocycles. The van der Waals surface area contributed by atoms with Gasteiger partial charge >= 0.3 is 0 Å². The van der Waals surface area contributed by atoms with Gasteiger partial charge in [0.25, 0.3) is 0 Å². The fraction of sp³-hybridized carbons (Fsp3) is 0.923. The van der Waals surface area contributed by atoms with Crippen LogP contribution in [0.3, 0.4) is 0 Å². The molecule has 0 saturated heterocycles. The molecular formula is C13H21NO2. The summed E-state index contributed by atoms with van der Waals surface area (Å²) < 4.78 is 5.77. The van der Waals surface area contributed by atoms with Crippen molar-refractivity contribution in [1.82, 2.24) is 5.32 Å². The van der Waals surface area contributed by atoms with Crippen molar-refractivity contribution >= 4 is 5.91 Å². The van der Waals surface area contributed by atoms with Crippen LogP contribution in [0, 0.1) is 11.3 Å². The highest BCUT2D eigenvalue weighted by molar-refractivity contribution is 5.81. The van der Waals surface area contributed by atoms with Crippen LogP contribution in [0.15, 0.2) is 0 Å². The van der Waals surface area contributed by atoms with Crippen LogP contribution < -0.4 is 5.32 Å². The van der Waals surface area contributed by atoms with E-state index in [0.717, 1.165) is 25.9 Å². The number of hydrogen-bond acceptors (Lipinski definition) is 2. The van der Waals surface area contributed by atoms with Gasteiger partial charge in [0.05, 0.1) is 6.10 Å². The predicted octanol–water partition coefficient (Wildman–Crippen LogP) is 1.86. The van der Waals surface area contributed by atoms with Crippen molar-refractivity contribution in [3.8, 4) is 0 Å². The van der Waals surface area contributed by atoms with Crippen LogP contribution in [0.1, 0.15) is 45.4 Å². The first-order chi connectivity index (χ1) is 7.76. The Labute approximate surface area is 96.9 Å². The normalized spacial score (nSPS) is 35.3. The van der Waals surface area contributed by atoms with E-state index in [-0.39, 0.29) is 0 Å². The van der Waals surface area contributed by atoms with E-state index in [0.29, 0.717) is 29.4 Å². The highest BCUT2D eigenvalue weighted by atomic mass is 16.5. The molecule has 0 unspecified atom stereocenters. The Balaban J connectivity index is 1.58. The maximum Gasteiger partial charge on any atom is 0.223 e. The molecule has 2 atom stereocenters. The van der Waals surface area contributed by atoms with Gasteiger partial charge in [0.2, 0.25) is 5.91 Å². The number of hydrogen-bond donors (Lipinski definition) is 1. The lowest BCUT2D eigenvalue weighted by Gasteiger charge is -2.61. The van der Waals surface area contributed by atoms with E-state index in [1.54, 1.807) is 0 Å². The first-order valence-corrected chi connectivity index (χ1v) is 6.68. The highest BCUT2D eigenvalue weighted by Crippen LogP contribution is 2.57. The van der Waals surface area contributed by atoms with E-state index >= 15 is 0 Å². The van der Waals surface area contributed by atoms with Crippen LogP contribution in [-0.2, 0) is 9.53 Å². The van der Waals surface area contributed by atoms with Gasteiger partial charge in [-0.2, -0.15) is 0 Å². The van der Waals surface area contributed by atoms with Crippen molar-refractivity contribution in [2.75, 3.05) is 6.61 Å². The summed E-state index contributed by atoms with van der Waals surface area (Å²) in [4.78, 5) is 11.7. The Bertz CT molecular complexity index is 294. The molecule has 3 aliphatic carbocycles. The van der Waals surface area contributed by atoms with Crippen molar-refractivity contribution in [3.63, 3.8) is 0 Å². The second-order valence-electron chi connectivity index (χ2n) is 5.60. The molecule has 1 N–H and O–H groups in total. The molecule has 0 aliphatic heterocycles. The van der Waals surface area contributed by atoms with Crippen molar-refractivity contribution in [2.45, 2.75) is 57.6 Å². The van der Waals surface area contributed by atoms with Gasteiger partial charge in [-0.1, -0.05) is 6.42 Å². The molecule has 0 aromatic carbocycles. The molecule has 0 aromatic rings. The monoisotopic (exact) mass is 223 g/mol. The average Bonchev–Trinajstić information content (AvgIpc) is 2.96. The lowest BCUT2D eigenvalue weighted by Crippen LogP contribution is -2.67. The van der Waals surface area contributed by atoms with Crippen LogP contribution in [0.4, 0.5) is 0 Å². The second-order valence-corrected chi connectivity index (χ2v) is 5.60. The molecule has 0 aromatic heterocycles. The van der Waals surface area contributed by atoms with E-state index in [2.05, 4.69) is 12.2 Å². The standard InChI is InChI=1S/C13H21NO2/c1-2-16-11-8-10(13(11)6-3-7-13)14-12(15)9-4-5-9/h9-11H,2-8H2,1H3,(H,14,15)/t10-,11+/m1/s1. The minimum atomic E-state index is 0.297. The van der Waals surface area contributed by atoms with Crippen molar-refractivity contribution in [1.29, 1.82) is 0 Å². The minimum absolute atomic E-state index is 0.297. The van der Waals surface area contributed by atoms with E-state index in [9.17, 15) is 4.79 Å². The SMILES string of the molecule is CCO[C@H]1C[C@@H](NC(=O)C2CC2)C12CCC2. The van der Waals surface area contributed by atoms with E-state index in [1.165, 1.54) is 19.3 Å². The first-order valence-electron chi connectivity index (χ1n) is 6.68. The third-order valence-electron chi connectivity index (χ3n) is 4.70. The van der Waals surface area contributed by atoms with Crippen molar-refractivity contribution in [2.24, 2.45) is 11.3 Å². The molecule has 16 heavy (non-hydrogen) atoms. The molecular weight excluding hydrogens is 202 g/mol. The molecule has 3 aliphatic rings. The van der Waals surface area contributed by atoms with E-state index in [4.69, 9.17) is 4.74 Å². The van der Waals surface area contributed by atoms with Gasteiger partial charge in [-0.05, 0) is 39.0 Å². The average molecular weight is 223 g/mol. The Hall–Kier alpha value is -0.570. The summed E-state index contributed by atoms with van der Waals surface area (Å²) in [6, 6.07) is 0.408. The van der Waals surface area contributed by atoms with Gasteiger partial charge in [0, 0.05) is 24.0 Å². The number of amides is 1. The summed E-state index contributed by atoms with van der Waals surface area (Å²) in [6.07, 6.45) is 7.43. The van der Waals surface area contributed by atoms with Crippen molar-refractivity contribution < 1.29 is 9.53 Å². The first kappa shape index (κ1) is 10.6. The zero-order valence-electron chi connectivity index (χ0n) is 10.00. The summed E-state index contributed by atoms with van der Waals surface area (Å²) in [6.45, 7) is 2.86. The molecule has 0 radical (unpaired) electrons. The molecule has 1 spiro atoms. The number of carbonyl (C=O) groups is 1. The van der Waals surface area contributed by atoms with Gasteiger partial charge in [-0.3, -0.25) is 4.79 Å². The lowest BCUT2D eigenvalue weighted by atomic mass is 9.51. The van der Waals surface area contributed by atoms with Gasteiger partial charge < -0.3 is 10.1 Å². The van der Waals surface area contributed by atoms with Crippen LogP contribution >= 0.6 is 0 Å². The zero-order chi connectivity index (χ0) is 11.2. The van der Waals surface area contributed by atoms with Gasteiger partial charge in [-0.25, -0.2) is 0 Å². The molecule has 90 valence electrons. The van der Waals surface area contributed by atoms with Crippen LogP contribution in [0.5, 0.6) is 0 Å². The highest BCUT2D eigenvalue weighted by Gasteiger charge is 2.59. The largest absolute Gasteiger partial charge is 0.378 e. The summed E-state index contributed by atoms with van der Waals surface area (Å²) in [5.41, 5.74) is 0.320. The second kappa shape index (κ2) is 3.73. The van der Waals surface area contributed by atoms with Crippen molar-refractivity contribution in [3.05, 3.63) is 0 Å². The smallest absolute Gasteiger partial charge is 0.223 e.